The van der Waals surface area contributed by atoms with Gasteiger partial charge < -0.3 is 11.1 Å². The molecule has 0 aliphatic heterocycles. The quantitative estimate of drug-likeness (QED) is 0.407. The number of nitrogens with one attached hydrogen (secondary N) is 1. The third kappa shape index (κ3) is 14.3. The second-order valence-corrected chi connectivity index (χ2v) is 4.60. The Bertz CT molecular complexity index is 343. The molecule has 2 aromatic carbocycles. The van der Waals surface area contributed by atoms with Crippen LogP contribution in [0.2, 0.25) is 0 Å². The molecule has 0 amide bonds. The summed E-state index contributed by atoms with van der Waals surface area (Å²) >= 11 is 0. The van der Waals surface area contributed by atoms with Gasteiger partial charge in [-0.15, -0.1) is 17.0 Å². The molecule has 0 atom stereocenters. The number of halogens is 1. The third-order valence-corrected chi connectivity index (χ3v) is 2.91. The van der Waals surface area contributed by atoms with E-state index in [1.54, 1.807) is 0 Å². The fraction of sp³-hybridized carbons (Fsp3) is 0.412. The number of rotatable bonds is 8. The van der Waals surface area contributed by atoms with Crippen molar-refractivity contribution in [2.45, 2.75) is 25.7 Å². The second kappa shape index (κ2) is 17.7. The Balaban J connectivity index is 0. The summed E-state index contributed by atoms with van der Waals surface area (Å²) < 4.78 is 0. The van der Waals surface area contributed by atoms with Gasteiger partial charge in [-0.05, 0) is 32.5 Å². The summed E-state index contributed by atoms with van der Waals surface area (Å²) in [6.07, 6.45) is 4.84. The molecule has 3 N–H and O–H groups in total. The van der Waals surface area contributed by atoms with Gasteiger partial charge in [0, 0.05) is 0 Å². The van der Waals surface area contributed by atoms with Crippen LogP contribution in [-0.2, 0) is 23.5 Å². The number of nitrogens with two attached hydrogens (primary N) is 1. The van der Waals surface area contributed by atoms with Gasteiger partial charge in [0.1, 0.15) is 0 Å². The van der Waals surface area contributed by atoms with Gasteiger partial charge in [-0.3, -0.25) is 0 Å². The van der Waals surface area contributed by atoms with Crippen LogP contribution in [0.3, 0.4) is 0 Å². The summed E-state index contributed by atoms with van der Waals surface area (Å²) in [4.78, 5) is 0. The molecule has 0 aliphatic carbocycles. The largest absolute Gasteiger partial charge is 2.00 e. The smallest absolute Gasteiger partial charge is 0.330 e. The summed E-state index contributed by atoms with van der Waals surface area (Å²) in [5, 5.41) is 3.39. The maximum absolute atomic E-state index is 5.39. The first-order valence-electron chi connectivity index (χ1n) is 7.21. The van der Waals surface area contributed by atoms with E-state index in [9.17, 15) is 0 Å². The zero-order valence-electron chi connectivity index (χ0n) is 12.5. The summed E-state index contributed by atoms with van der Waals surface area (Å²) in [5.74, 6) is 0. The fourth-order valence-corrected chi connectivity index (χ4v) is 1.83. The molecule has 2 rings (SSSR count). The molecule has 0 bridgehead atoms. The first-order valence-corrected chi connectivity index (χ1v) is 7.21. The van der Waals surface area contributed by atoms with Crippen molar-refractivity contribution in [2.75, 3.05) is 19.6 Å². The van der Waals surface area contributed by atoms with E-state index < -0.39 is 0 Å². The van der Waals surface area contributed by atoms with Crippen molar-refractivity contribution in [1.29, 1.82) is 0 Å². The molecular formula is C17H27BrFeN2. The van der Waals surface area contributed by atoms with Gasteiger partial charge in [0.05, 0.1) is 0 Å². The molecule has 0 spiro atoms. The standard InChI is InChI=1S/C12H21N2.C5H5.BrH.Fe/c13-9-5-11-14-10-4-3-8-12-6-1-2-7-12;1-2-4-5-3-1;;/h1-2,6-7,14H,3-5,8-11,13H2;1-5H;1H;/q2*-1;;+2. The minimum absolute atomic E-state index is 0. The first-order chi connectivity index (χ1) is 9.43. The molecule has 0 saturated carbocycles. The summed E-state index contributed by atoms with van der Waals surface area (Å²) in [5.41, 5.74) is 6.86. The van der Waals surface area contributed by atoms with Gasteiger partial charge in [0.2, 0.25) is 0 Å². The number of hydrogen-bond acceptors (Lipinski definition) is 2. The van der Waals surface area contributed by atoms with Gasteiger partial charge in [0.15, 0.2) is 0 Å². The van der Waals surface area contributed by atoms with E-state index in [0.29, 0.717) is 0 Å². The van der Waals surface area contributed by atoms with Crippen LogP contribution in [0.15, 0.2) is 54.6 Å². The van der Waals surface area contributed by atoms with Crippen molar-refractivity contribution < 1.29 is 17.1 Å². The van der Waals surface area contributed by atoms with Crippen molar-refractivity contribution in [1.82, 2.24) is 5.32 Å². The van der Waals surface area contributed by atoms with Crippen LogP contribution in [0.25, 0.3) is 0 Å². The van der Waals surface area contributed by atoms with Crippen LogP contribution >= 0.6 is 17.0 Å². The Labute approximate surface area is 150 Å². The van der Waals surface area contributed by atoms with Crippen LogP contribution in [0.1, 0.15) is 24.8 Å². The average Bonchev–Trinajstić information content (AvgIpc) is 3.13. The Morgan fingerprint density at radius 1 is 0.952 bits per heavy atom. The SMILES string of the molecule is Br.NCCCNCCCCc1ccc[cH-]1.[Fe+2].c1cc[cH-]c1. The first kappa shape index (κ1) is 22.9. The van der Waals surface area contributed by atoms with E-state index in [1.165, 1.54) is 24.8 Å². The van der Waals surface area contributed by atoms with Crippen molar-refractivity contribution in [3.63, 3.8) is 0 Å². The van der Waals surface area contributed by atoms with Crippen molar-refractivity contribution in [3.8, 4) is 0 Å². The molecule has 21 heavy (non-hydrogen) atoms. The van der Waals surface area contributed by atoms with Gasteiger partial charge in [-0.2, -0.15) is 35.9 Å². The molecule has 0 aromatic heterocycles. The van der Waals surface area contributed by atoms with Gasteiger partial charge in [0.25, 0.3) is 0 Å². The molecule has 0 fully saturated rings. The number of unbranched alkanes of at least 4 members (excludes halogenated alkanes) is 1. The van der Waals surface area contributed by atoms with Crippen molar-refractivity contribution in [3.05, 3.63) is 60.2 Å². The van der Waals surface area contributed by atoms with Crippen LogP contribution in [0, 0.1) is 0 Å². The molecular weight excluding hydrogens is 368 g/mol. The zero-order chi connectivity index (χ0) is 13.6. The van der Waals surface area contributed by atoms with Crippen LogP contribution in [-0.4, -0.2) is 19.6 Å². The maximum atomic E-state index is 5.39. The topological polar surface area (TPSA) is 38.0 Å². The molecule has 0 aliphatic rings. The van der Waals surface area contributed by atoms with Crippen LogP contribution < -0.4 is 11.1 Å². The van der Waals surface area contributed by atoms with E-state index in [0.717, 1.165) is 26.1 Å². The second-order valence-electron chi connectivity index (χ2n) is 4.60. The van der Waals surface area contributed by atoms with Gasteiger partial charge >= 0.3 is 17.1 Å². The normalized spacial score (nSPS) is 9.00. The summed E-state index contributed by atoms with van der Waals surface area (Å²) in [6.45, 7) is 2.98. The molecule has 2 nitrogen and oxygen atoms in total. The van der Waals surface area contributed by atoms with Crippen molar-refractivity contribution >= 4 is 17.0 Å². The fourth-order valence-electron chi connectivity index (χ4n) is 1.83. The molecule has 0 saturated heterocycles. The number of aryl methyl sites for hydroxylation is 1. The molecule has 4 heteroatoms. The van der Waals surface area contributed by atoms with E-state index in [1.807, 2.05) is 30.3 Å². The Morgan fingerprint density at radius 3 is 2.19 bits per heavy atom. The Hall–Kier alpha value is -0.381. The summed E-state index contributed by atoms with van der Waals surface area (Å²) in [7, 11) is 0. The van der Waals surface area contributed by atoms with Crippen molar-refractivity contribution in [2.24, 2.45) is 5.73 Å². The average molecular weight is 395 g/mol. The van der Waals surface area contributed by atoms with Gasteiger partial charge in [-0.1, -0.05) is 12.8 Å². The molecule has 0 radical (unpaired) electrons. The predicted molar refractivity (Wildman–Crippen MR) is 93.9 cm³/mol. The Morgan fingerprint density at radius 2 is 1.67 bits per heavy atom. The minimum atomic E-state index is 0. The number of hydrogen-bond donors (Lipinski definition) is 2. The Kier molecular flexibility index (Phi) is 19.3. The molecule has 120 valence electrons. The van der Waals surface area contributed by atoms with Crippen LogP contribution in [0.4, 0.5) is 0 Å². The maximum Gasteiger partial charge on any atom is 2.00 e. The zero-order valence-corrected chi connectivity index (χ0v) is 15.3. The predicted octanol–water partition coefficient (Wildman–Crippen LogP) is 3.65. The molecule has 0 heterocycles. The molecule has 2 aromatic rings. The van der Waals surface area contributed by atoms with Gasteiger partial charge in [-0.25, -0.2) is 24.3 Å². The third-order valence-electron chi connectivity index (χ3n) is 2.91. The van der Waals surface area contributed by atoms with E-state index in [-0.39, 0.29) is 34.1 Å². The van der Waals surface area contributed by atoms with E-state index in [4.69, 9.17) is 5.73 Å². The van der Waals surface area contributed by atoms with Crippen LogP contribution in [0.5, 0.6) is 0 Å². The minimum Gasteiger partial charge on any atom is -0.330 e. The monoisotopic (exact) mass is 394 g/mol. The summed E-state index contributed by atoms with van der Waals surface area (Å²) in [6, 6.07) is 18.6. The molecule has 0 unspecified atom stereocenters. The van der Waals surface area contributed by atoms with E-state index >= 15 is 0 Å². The van der Waals surface area contributed by atoms with E-state index in [2.05, 4.69) is 29.6 Å².